The minimum Gasteiger partial charge on any atom is -0.464 e. The molecule has 0 radical (unpaired) electrons. The van der Waals surface area contributed by atoms with Crippen LogP contribution in [0.15, 0.2) is 48.5 Å². The number of rotatable bonds is 3. The van der Waals surface area contributed by atoms with Gasteiger partial charge in [-0.25, -0.2) is 4.79 Å². The number of benzene rings is 2. The molecule has 0 spiro atoms. The van der Waals surface area contributed by atoms with Crippen LogP contribution in [0.4, 0.5) is 0 Å². The second kappa shape index (κ2) is 11.2. The van der Waals surface area contributed by atoms with Crippen LogP contribution in [0.5, 0.6) is 0 Å². The molecule has 2 aliphatic rings. The van der Waals surface area contributed by atoms with Gasteiger partial charge in [0.15, 0.2) is 11.6 Å². The van der Waals surface area contributed by atoms with Gasteiger partial charge in [-0.15, -0.1) is 12.4 Å². The standard InChI is InChI=1S/C15H17NO4.C10H11NO.ClH/c1-3-20-14(19)15(16-10(2)17)9-12-7-5-4-6-11(12)8-13(15)18;11-9-5-7-3-1-2-4-8(7)6-10(9)12;/h4-7H,3,8-9H2,1-2H3,(H,16,17);1-4,9H,5-6,11H2;1H. The summed E-state index contributed by atoms with van der Waals surface area (Å²) in [5, 5.41) is 2.51. The number of ether oxygens (including phenoxy) is 1. The van der Waals surface area contributed by atoms with Crippen molar-refractivity contribution in [3.8, 4) is 0 Å². The zero-order valence-corrected chi connectivity index (χ0v) is 19.6. The van der Waals surface area contributed by atoms with Gasteiger partial charge in [0.1, 0.15) is 0 Å². The monoisotopic (exact) mass is 472 g/mol. The lowest BCUT2D eigenvalue weighted by Crippen LogP contribution is -2.63. The van der Waals surface area contributed by atoms with Crippen LogP contribution >= 0.6 is 12.4 Å². The van der Waals surface area contributed by atoms with E-state index in [9.17, 15) is 19.2 Å². The summed E-state index contributed by atoms with van der Waals surface area (Å²) in [6.07, 6.45) is 1.47. The Morgan fingerprint density at radius 1 is 1.00 bits per heavy atom. The van der Waals surface area contributed by atoms with E-state index in [0.29, 0.717) is 12.8 Å². The second-order valence-electron chi connectivity index (χ2n) is 8.07. The van der Waals surface area contributed by atoms with Crippen molar-refractivity contribution in [1.29, 1.82) is 0 Å². The maximum absolute atomic E-state index is 12.4. The molecule has 2 atom stereocenters. The fraction of sp³-hybridized carbons (Fsp3) is 0.360. The third-order valence-electron chi connectivity index (χ3n) is 5.75. The number of carbonyl (C=O) groups is 4. The van der Waals surface area contributed by atoms with Gasteiger partial charge in [-0.1, -0.05) is 48.5 Å². The second-order valence-corrected chi connectivity index (χ2v) is 8.07. The Morgan fingerprint density at radius 3 is 2.12 bits per heavy atom. The van der Waals surface area contributed by atoms with Gasteiger partial charge in [-0.2, -0.15) is 0 Å². The lowest BCUT2D eigenvalue weighted by atomic mass is 9.76. The van der Waals surface area contributed by atoms with Gasteiger partial charge in [-0.05, 0) is 35.6 Å². The first-order valence-electron chi connectivity index (χ1n) is 10.7. The molecule has 0 saturated heterocycles. The first-order valence-corrected chi connectivity index (χ1v) is 10.7. The van der Waals surface area contributed by atoms with Gasteiger partial charge in [0.2, 0.25) is 11.4 Å². The van der Waals surface area contributed by atoms with Crippen molar-refractivity contribution in [2.24, 2.45) is 5.73 Å². The smallest absolute Gasteiger partial charge is 0.340 e. The van der Waals surface area contributed by atoms with Crippen LogP contribution in [-0.2, 0) is 49.6 Å². The highest BCUT2D eigenvalue weighted by Crippen LogP contribution is 2.27. The van der Waals surface area contributed by atoms with Gasteiger partial charge < -0.3 is 15.8 Å². The molecule has 2 unspecified atom stereocenters. The number of esters is 1. The van der Waals surface area contributed by atoms with Crippen molar-refractivity contribution >= 4 is 35.9 Å². The Kier molecular flexibility index (Phi) is 8.91. The van der Waals surface area contributed by atoms with Crippen LogP contribution in [0.1, 0.15) is 36.1 Å². The molecule has 0 heterocycles. The SMILES string of the molecule is CCOC(=O)C1(NC(C)=O)Cc2ccccc2CC1=O.Cl.NC1Cc2ccccc2CC1=O. The largest absolute Gasteiger partial charge is 0.464 e. The normalized spacial score (nSPS) is 20.8. The number of nitrogens with one attached hydrogen (secondary N) is 1. The first kappa shape index (κ1) is 26.2. The predicted molar refractivity (Wildman–Crippen MR) is 126 cm³/mol. The van der Waals surface area contributed by atoms with Crippen molar-refractivity contribution in [3.63, 3.8) is 0 Å². The summed E-state index contributed by atoms with van der Waals surface area (Å²) in [7, 11) is 0. The van der Waals surface area contributed by atoms with Gasteiger partial charge >= 0.3 is 5.97 Å². The minimum absolute atomic E-state index is 0. The Morgan fingerprint density at radius 2 is 1.55 bits per heavy atom. The molecule has 3 N–H and O–H groups in total. The number of hydrogen-bond acceptors (Lipinski definition) is 6. The van der Waals surface area contributed by atoms with Crippen molar-refractivity contribution in [3.05, 3.63) is 70.8 Å². The Labute approximate surface area is 199 Å². The molecule has 0 saturated carbocycles. The fourth-order valence-electron chi connectivity index (χ4n) is 4.11. The van der Waals surface area contributed by atoms with Crippen molar-refractivity contribution in [2.75, 3.05) is 6.61 Å². The quantitative estimate of drug-likeness (QED) is 0.520. The van der Waals surface area contributed by atoms with Gasteiger partial charge in [0.05, 0.1) is 12.6 Å². The van der Waals surface area contributed by atoms with Crippen LogP contribution in [-0.4, -0.2) is 41.6 Å². The zero-order chi connectivity index (χ0) is 23.3. The van der Waals surface area contributed by atoms with E-state index in [2.05, 4.69) is 5.32 Å². The third kappa shape index (κ3) is 5.86. The van der Waals surface area contributed by atoms with Gasteiger partial charge in [0, 0.05) is 26.2 Å². The summed E-state index contributed by atoms with van der Waals surface area (Å²) >= 11 is 0. The molecule has 4 rings (SSSR count). The van der Waals surface area contributed by atoms with Crippen LogP contribution in [0.3, 0.4) is 0 Å². The number of amides is 1. The highest BCUT2D eigenvalue weighted by atomic mass is 35.5. The van der Waals surface area contributed by atoms with Crippen LogP contribution < -0.4 is 11.1 Å². The van der Waals surface area contributed by atoms with E-state index < -0.39 is 17.4 Å². The van der Waals surface area contributed by atoms with E-state index in [1.54, 1.807) is 6.92 Å². The summed E-state index contributed by atoms with van der Waals surface area (Å²) in [6, 6.07) is 15.1. The molecule has 7 nitrogen and oxygen atoms in total. The molecule has 0 fully saturated rings. The van der Waals surface area contributed by atoms with Gasteiger partial charge in [-0.3, -0.25) is 14.4 Å². The average molecular weight is 473 g/mol. The van der Waals surface area contributed by atoms with Crippen LogP contribution in [0, 0.1) is 0 Å². The highest BCUT2D eigenvalue weighted by molar-refractivity contribution is 6.12. The molecule has 0 bridgehead atoms. The maximum Gasteiger partial charge on any atom is 0.340 e. The average Bonchev–Trinajstić information content (AvgIpc) is 2.75. The van der Waals surface area contributed by atoms with Gasteiger partial charge in [0.25, 0.3) is 0 Å². The van der Waals surface area contributed by atoms with E-state index in [0.717, 1.165) is 16.7 Å². The molecule has 33 heavy (non-hydrogen) atoms. The van der Waals surface area contributed by atoms with Crippen molar-refractivity contribution < 1.29 is 23.9 Å². The molecule has 8 heteroatoms. The molecule has 2 aromatic rings. The number of ketones is 2. The molecule has 0 aromatic heterocycles. The Balaban J connectivity index is 0.000000253. The maximum atomic E-state index is 12.4. The molecular weight excluding hydrogens is 444 g/mol. The van der Waals surface area contributed by atoms with E-state index in [4.69, 9.17) is 10.5 Å². The van der Waals surface area contributed by atoms with Crippen molar-refractivity contribution in [1.82, 2.24) is 5.32 Å². The lowest BCUT2D eigenvalue weighted by Gasteiger charge is -2.34. The highest BCUT2D eigenvalue weighted by Gasteiger charge is 2.50. The minimum atomic E-state index is -1.59. The third-order valence-corrected chi connectivity index (χ3v) is 5.75. The molecule has 1 amide bonds. The van der Waals surface area contributed by atoms with E-state index in [1.165, 1.54) is 12.5 Å². The van der Waals surface area contributed by atoms with E-state index in [-0.39, 0.29) is 49.5 Å². The van der Waals surface area contributed by atoms with E-state index >= 15 is 0 Å². The molecule has 2 aromatic carbocycles. The summed E-state index contributed by atoms with van der Waals surface area (Å²) < 4.78 is 5.00. The molecule has 176 valence electrons. The number of halogens is 1. The Bertz CT molecular complexity index is 1050. The number of nitrogens with two attached hydrogens (primary N) is 1. The fourth-order valence-corrected chi connectivity index (χ4v) is 4.11. The summed E-state index contributed by atoms with van der Waals surface area (Å²) in [5.74, 6) is -1.28. The molecule has 2 aliphatic carbocycles. The first-order chi connectivity index (χ1) is 15.3. The van der Waals surface area contributed by atoms with Crippen molar-refractivity contribution in [2.45, 2.75) is 51.1 Å². The molecular formula is C25H29ClN2O5. The topological polar surface area (TPSA) is 116 Å². The number of Topliss-reactive ketones (excluding diaryl/α,β-unsaturated/α-hetero) is 2. The zero-order valence-electron chi connectivity index (χ0n) is 18.8. The van der Waals surface area contributed by atoms with Crippen LogP contribution in [0.2, 0.25) is 0 Å². The summed E-state index contributed by atoms with van der Waals surface area (Å²) in [5.41, 5.74) is 8.20. The summed E-state index contributed by atoms with van der Waals surface area (Å²) in [6.45, 7) is 3.12. The Hall–Kier alpha value is -3.03. The lowest BCUT2D eigenvalue weighted by molar-refractivity contribution is -0.157. The van der Waals surface area contributed by atoms with Crippen LogP contribution in [0.25, 0.3) is 0 Å². The number of carbonyl (C=O) groups excluding carboxylic acids is 4. The number of hydrogen-bond donors (Lipinski definition) is 2. The van der Waals surface area contributed by atoms with E-state index in [1.807, 2.05) is 48.5 Å². The number of fused-ring (bicyclic) bond motifs is 2. The predicted octanol–water partition coefficient (Wildman–Crippen LogP) is 1.90. The molecule has 0 aliphatic heterocycles. The summed E-state index contributed by atoms with van der Waals surface area (Å²) in [4.78, 5) is 47.3.